The third-order valence-electron chi connectivity index (χ3n) is 5.91. The number of Topliss-reactive ketones (excluding diaryl/α,β-unsaturated/α-hetero) is 1. The molecule has 1 saturated heterocycles. The van der Waals surface area contributed by atoms with Gasteiger partial charge in [-0.2, -0.15) is 0 Å². The lowest BCUT2D eigenvalue weighted by Crippen LogP contribution is -2.50. The molecule has 0 radical (unpaired) electrons. The third kappa shape index (κ3) is 4.45. The Morgan fingerprint density at radius 2 is 2.03 bits per heavy atom. The predicted molar refractivity (Wildman–Crippen MR) is 113 cm³/mol. The number of nitrogens with one attached hydrogen (secondary N) is 1. The van der Waals surface area contributed by atoms with Crippen LogP contribution in [-0.4, -0.2) is 40.5 Å². The zero-order valence-electron chi connectivity index (χ0n) is 17.1. The molecule has 1 fully saturated rings. The van der Waals surface area contributed by atoms with Crippen molar-refractivity contribution in [2.24, 2.45) is 0 Å². The molecule has 2 aliphatic rings. The summed E-state index contributed by atoms with van der Waals surface area (Å²) in [6, 6.07) is 13.9. The maximum atomic E-state index is 12.9. The second kappa shape index (κ2) is 8.42. The molecule has 1 amide bonds. The minimum atomic E-state index is -0.619. The standard InChI is InChI=1S/C24H26N2O4/c1-17-3-2-4-19(13-17)16-26-11-9-24(10-12-26)15-21(27)20-14-18(5-7-22(20)30-24)6-8-23(28)25-29/h2-8,13-14,29H,9-12,15-16H2,1H3,(H,25,28). The number of carbonyl (C=O) groups excluding carboxylic acids is 2. The molecule has 2 aromatic rings. The Hall–Kier alpha value is -2.96. The molecule has 1 spiro atoms. The number of hydrogen-bond acceptors (Lipinski definition) is 5. The molecule has 6 nitrogen and oxygen atoms in total. The van der Waals surface area contributed by atoms with Gasteiger partial charge in [0, 0.05) is 38.6 Å². The number of likely N-dealkylation sites (tertiary alicyclic amines) is 1. The number of piperidine rings is 1. The minimum absolute atomic E-state index is 0.0743. The van der Waals surface area contributed by atoms with Gasteiger partial charge in [-0.15, -0.1) is 0 Å². The van der Waals surface area contributed by atoms with Gasteiger partial charge in [-0.1, -0.05) is 35.9 Å². The zero-order valence-corrected chi connectivity index (χ0v) is 17.1. The second-order valence-corrected chi connectivity index (χ2v) is 8.22. The van der Waals surface area contributed by atoms with E-state index in [1.54, 1.807) is 29.8 Å². The van der Waals surface area contributed by atoms with Gasteiger partial charge < -0.3 is 4.74 Å². The summed E-state index contributed by atoms with van der Waals surface area (Å²) in [5.41, 5.74) is 4.95. The van der Waals surface area contributed by atoms with E-state index in [0.717, 1.165) is 32.5 Å². The van der Waals surface area contributed by atoms with Crippen LogP contribution in [0.2, 0.25) is 0 Å². The average molecular weight is 406 g/mol. The third-order valence-corrected chi connectivity index (χ3v) is 5.91. The Balaban J connectivity index is 1.43. The summed E-state index contributed by atoms with van der Waals surface area (Å²) in [6.45, 7) is 4.82. The number of amides is 1. The maximum Gasteiger partial charge on any atom is 0.267 e. The van der Waals surface area contributed by atoms with Gasteiger partial charge in [0.2, 0.25) is 0 Å². The van der Waals surface area contributed by atoms with Gasteiger partial charge in [0.15, 0.2) is 5.78 Å². The summed E-state index contributed by atoms with van der Waals surface area (Å²) >= 11 is 0. The summed E-state index contributed by atoms with van der Waals surface area (Å²) in [7, 11) is 0. The Morgan fingerprint density at radius 1 is 1.23 bits per heavy atom. The van der Waals surface area contributed by atoms with Crippen LogP contribution >= 0.6 is 0 Å². The summed E-state index contributed by atoms with van der Waals surface area (Å²) < 4.78 is 6.36. The zero-order chi connectivity index (χ0) is 21.1. The van der Waals surface area contributed by atoms with Crippen LogP contribution in [0.25, 0.3) is 6.08 Å². The number of ketones is 1. The smallest absolute Gasteiger partial charge is 0.267 e. The normalized spacial score (nSPS) is 18.3. The van der Waals surface area contributed by atoms with Crippen LogP contribution in [0.4, 0.5) is 0 Å². The lowest BCUT2D eigenvalue weighted by atomic mass is 9.82. The molecule has 2 aliphatic heterocycles. The number of hydrogen-bond donors (Lipinski definition) is 2. The maximum absolute atomic E-state index is 12.9. The quantitative estimate of drug-likeness (QED) is 0.462. The molecule has 0 unspecified atom stereocenters. The lowest BCUT2D eigenvalue weighted by molar-refractivity contribution is -0.124. The molecule has 2 aromatic carbocycles. The highest BCUT2D eigenvalue weighted by atomic mass is 16.5. The van der Waals surface area contributed by atoms with Crippen molar-refractivity contribution in [1.29, 1.82) is 0 Å². The van der Waals surface area contributed by atoms with Crippen molar-refractivity contribution in [1.82, 2.24) is 10.4 Å². The van der Waals surface area contributed by atoms with Gasteiger partial charge in [-0.3, -0.25) is 19.7 Å². The molecule has 4 rings (SSSR count). The van der Waals surface area contributed by atoms with E-state index >= 15 is 0 Å². The van der Waals surface area contributed by atoms with Crippen LogP contribution in [0, 0.1) is 6.92 Å². The van der Waals surface area contributed by atoms with Crippen molar-refractivity contribution in [3.05, 3.63) is 70.8 Å². The van der Waals surface area contributed by atoms with E-state index in [4.69, 9.17) is 9.94 Å². The molecule has 0 atom stereocenters. The molecule has 156 valence electrons. The molecule has 2 heterocycles. The van der Waals surface area contributed by atoms with Crippen molar-refractivity contribution in [3.63, 3.8) is 0 Å². The number of ether oxygens (including phenoxy) is 1. The molecule has 0 bridgehead atoms. The highest BCUT2D eigenvalue weighted by Gasteiger charge is 2.42. The number of nitrogens with zero attached hydrogens (tertiary/aromatic N) is 1. The average Bonchev–Trinajstić information content (AvgIpc) is 2.74. The Labute approximate surface area is 176 Å². The fraction of sp³-hybridized carbons (Fsp3) is 0.333. The number of aryl methyl sites for hydroxylation is 1. The van der Waals surface area contributed by atoms with Gasteiger partial charge in [0.25, 0.3) is 5.91 Å². The van der Waals surface area contributed by atoms with Gasteiger partial charge in [-0.25, -0.2) is 5.48 Å². The molecule has 6 heteroatoms. The van der Waals surface area contributed by atoms with Crippen molar-refractivity contribution in [3.8, 4) is 5.75 Å². The van der Waals surface area contributed by atoms with Crippen molar-refractivity contribution >= 4 is 17.8 Å². The molecule has 30 heavy (non-hydrogen) atoms. The van der Waals surface area contributed by atoms with Gasteiger partial charge in [0.1, 0.15) is 11.4 Å². The van der Waals surface area contributed by atoms with E-state index in [-0.39, 0.29) is 5.78 Å². The number of benzene rings is 2. The fourth-order valence-electron chi connectivity index (χ4n) is 4.29. The Bertz CT molecular complexity index is 990. The first kappa shape index (κ1) is 20.3. The van der Waals surface area contributed by atoms with Crippen LogP contribution in [0.15, 0.2) is 48.5 Å². The fourth-order valence-corrected chi connectivity index (χ4v) is 4.29. The molecule has 0 aromatic heterocycles. The van der Waals surface area contributed by atoms with Gasteiger partial charge in [0.05, 0.1) is 12.0 Å². The second-order valence-electron chi connectivity index (χ2n) is 8.22. The van der Waals surface area contributed by atoms with Crippen LogP contribution in [-0.2, 0) is 11.3 Å². The van der Waals surface area contributed by atoms with Gasteiger partial charge >= 0.3 is 0 Å². The van der Waals surface area contributed by atoms with Crippen molar-refractivity contribution in [2.45, 2.75) is 38.3 Å². The summed E-state index contributed by atoms with van der Waals surface area (Å²) in [4.78, 5) is 26.5. The number of rotatable bonds is 4. The molecule has 0 aliphatic carbocycles. The van der Waals surface area contributed by atoms with E-state index in [1.165, 1.54) is 17.2 Å². The number of carbonyl (C=O) groups is 2. The van der Waals surface area contributed by atoms with Crippen LogP contribution < -0.4 is 10.2 Å². The Kier molecular flexibility index (Phi) is 5.70. The van der Waals surface area contributed by atoms with Crippen LogP contribution in [0.1, 0.15) is 46.3 Å². The topological polar surface area (TPSA) is 78.9 Å². The first-order chi connectivity index (χ1) is 14.5. The molecule has 0 saturated carbocycles. The van der Waals surface area contributed by atoms with E-state index < -0.39 is 11.5 Å². The van der Waals surface area contributed by atoms with E-state index in [9.17, 15) is 9.59 Å². The minimum Gasteiger partial charge on any atom is -0.486 e. The van der Waals surface area contributed by atoms with Crippen LogP contribution in [0.5, 0.6) is 5.75 Å². The SMILES string of the molecule is Cc1cccc(CN2CCC3(CC2)CC(=O)c2cc(C=CC(=O)NO)ccc2O3)c1. The Morgan fingerprint density at radius 3 is 2.77 bits per heavy atom. The van der Waals surface area contributed by atoms with Gasteiger partial charge in [-0.05, 0) is 36.3 Å². The van der Waals surface area contributed by atoms with Crippen LogP contribution in [0.3, 0.4) is 0 Å². The summed E-state index contributed by atoms with van der Waals surface area (Å²) in [6.07, 6.45) is 4.78. The van der Waals surface area contributed by atoms with E-state index in [2.05, 4.69) is 36.1 Å². The predicted octanol–water partition coefficient (Wildman–Crippen LogP) is 3.51. The molecular formula is C24H26N2O4. The van der Waals surface area contributed by atoms with Crippen molar-refractivity contribution in [2.75, 3.05) is 13.1 Å². The lowest BCUT2D eigenvalue weighted by Gasteiger charge is -2.44. The van der Waals surface area contributed by atoms with E-state index in [1.807, 2.05) is 0 Å². The first-order valence-electron chi connectivity index (χ1n) is 10.2. The highest BCUT2D eigenvalue weighted by molar-refractivity contribution is 6.01. The monoisotopic (exact) mass is 406 g/mol. The van der Waals surface area contributed by atoms with Crippen molar-refractivity contribution < 1.29 is 19.5 Å². The highest BCUT2D eigenvalue weighted by Crippen LogP contribution is 2.40. The number of fused-ring (bicyclic) bond motifs is 1. The molecular weight excluding hydrogens is 380 g/mol. The number of hydroxylamine groups is 1. The summed E-state index contributed by atoms with van der Waals surface area (Å²) in [5, 5.41) is 8.57. The summed E-state index contributed by atoms with van der Waals surface area (Å²) in [5.74, 6) is 0.0686. The largest absolute Gasteiger partial charge is 0.486 e. The van der Waals surface area contributed by atoms with E-state index in [0.29, 0.717) is 23.3 Å². The molecule has 2 N–H and O–H groups in total. The first-order valence-corrected chi connectivity index (χ1v) is 10.2.